The van der Waals surface area contributed by atoms with E-state index < -0.39 is 0 Å². The van der Waals surface area contributed by atoms with E-state index in [0.29, 0.717) is 66.1 Å². The zero-order valence-electron chi connectivity index (χ0n) is 15.3. The predicted octanol–water partition coefficient (Wildman–Crippen LogP) is -0.475. The monoisotopic (exact) mass is 352 g/mol. The molecule has 0 saturated carbocycles. The second-order valence-corrected chi connectivity index (χ2v) is 4.94. The van der Waals surface area contributed by atoms with Crippen molar-refractivity contribution < 1.29 is 28.4 Å². The number of rotatable bonds is 21. The summed E-state index contributed by atoms with van der Waals surface area (Å²) in [5.74, 6) is 0. The molecule has 0 spiro atoms. The quantitative estimate of drug-likeness (QED) is 0.268. The Balaban J connectivity index is 2.93. The topological polar surface area (TPSA) is 79.4 Å². The molecule has 0 aromatic carbocycles. The Labute approximate surface area is 146 Å². The van der Waals surface area contributed by atoms with Gasteiger partial charge in [-0.05, 0) is 0 Å². The van der Waals surface area contributed by atoms with Crippen LogP contribution >= 0.6 is 0 Å². The van der Waals surface area contributed by atoms with Gasteiger partial charge in [-0.2, -0.15) is 0 Å². The first-order valence-electron chi connectivity index (χ1n) is 8.62. The smallest absolute Gasteiger partial charge is 0.0701 e. The minimum Gasteiger partial charge on any atom is -0.382 e. The third kappa shape index (κ3) is 21.7. The average molecular weight is 352 g/mol. The minimum atomic E-state index is 0.613. The normalized spacial score (nSPS) is 11.2. The number of nitrogens with one attached hydrogen (secondary N) is 2. The summed E-state index contributed by atoms with van der Waals surface area (Å²) in [5, 5.41) is 6.61. The van der Waals surface area contributed by atoms with E-state index in [1.54, 1.807) is 14.2 Å². The van der Waals surface area contributed by atoms with E-state index in [4.69, 9.17) is 28.4 Å². The van der Waals surface area contributed by atoms with E-state index in [-0.39, 0.29) is 0 Å². The highest BCUT2D eigenvalue weighted by Gasteiger charge is 1.93. The maximum Gasteiger partial charge on any atom is 0.0701 e. The second-order valence-electron chi connectivity index (χ2n) is 4.94. The highest BCUT2D eigenvalue weighted by molar-refractivity contribution is 4.51. The Kier molecular flexibility index (Phi) is 22.4. The van der Waals surface area contributed by atoms with Gasteiger partial charge in [-0.25, -0.2) is 0 Å². The first-order chi connectivity index (χ1) is 11.9. The van der Waals surface area contributed by atoms with Crippen LogP contribution in [0.1, 0.15) is 0 Å². The predicted molar refractivity (Wildman–Crippen MR) is 92.8 cm³/mol. The summed E-state index contributed by atoms with van der Waals surface area (Å²) in [4.78, 5) is 0. The van der Waals surface area contributed by atoms with E-state index >= 15 is 0 Å². The summed E-state index contributed by atoms with van der Waals surface area (Å²) >= 11 is 0. The lowest BCUT2D eigenvalue weighted by atomic mass is 10.5. The molecule has 0 rings (SSSR count). The Hall–Kier alpha value is -0.320. The van der Waals surface area contributed by atoms with Crippen LogP contribution in [0.4, 0.5) is 0 Å². The van der Waals surface area contributed by atoms with Crippen molar-refractivity contribution in [2.24, 2.45) is 0 Å². The van der Waals surface area contributed by atoms with Crippen LogP contribution in [0, 0.1) is 0 Å². The molecule has 0 heterocycles. The van der Waals surface area contributed by atoms with E-state index in [1.807, 2.05) is 0 Å². The minimum absolute atomic E-state index is 0.613. The highest BCUT2D eigenvalue weighted by atomic mass is 16.5. The third-order valence-electron chi connectivity index (χ3n) is 2.93. The van der Waals surface area contributed by atoms with Crippen LogP contribution in [0.15, 0.2) is 0 Å². The van der Waals surface area contributed by atoms with Gasteiger partial charge in [-0.15, -0.1) is 0 Å². The Morgan fingerprint density at radius 1 is 0.417 bits per heavy atom. The van der Waals surface area contributed by atoms with E-state index in [1.165, 1.54) is 0 Å². The van der Waals surface area contributed by atoms with Crippen molar-refractivity contribution in [1.82, 2.24) is 10.6 Å². The summed E-state index contributed by atoms with van der Waals surface area (Å²) in [5.41, 5.74) is 0. The van der Waals surface area contributed by atoms with E-state index in [0.717, 1.165) is 26.2 Å². The molecule has 24 heavy (non-hydrogen) atoms. The number of hydrogen-bond donors (Lipinski definition) is 2. The Morgan fingerprint density at radius 2 is 0.750 bits per heavy atom. The van der Waals surface area contributed by atoms with Gasteiger partial charge in [-0.3, -0.25) is 0 Å². The molecule has 0 unspecified atom stereocenters. The zero-order chi connectivity index (χ0) is 17.6. The fourth-order valence-electron chi connectivity index (χ4n) is 1.64. The van der Waals surface area contributed by atoms with Gasteiger partial charge >= 0.3 is 0 Å². The largest absolute Gasteiger partial charge is 0.382 e. The van der Waals surface area contributed by atoms with Gasteiger partial charge in [-0.1, -0.05) is 0 Å². The molecule has 0 aromatic rings. The van der Waals surface area contributed by atoms with E-state index in [9.17, 15) is 0 Å². The Bertz CT molecular complexity index is 203. The molecule has 0 aliphatic rings. The van der Waals surface area contributed by atoms with Gasteiger partial charge in [0.15, 0.2) is 0 Å². The SMILES string of the molecule is COCCOCCOCCNCCNCCOCCOCCOC. The zero-order valence-corrected chi connectivity index (χ0v) is 15.3. The van der Waals surface area contributed by atoms with Crippen LogP contribution < -0.4 is 10.6 Å². The fourth-order valence-corrected chi connectivity index (χ4v) is 1.64. The number of ether oxygens (including phenoxy) is 6. The molecule has 0 aromatic heterocycles. The molecule has 8 nitrogen and oxygen atoms in total. The summed E-state index contributed by atoms with van der Waals surface area (Å²) < 4.78 is 31.2. The molecule has 0 saturated heterocycles. The van der Waals surface area contributed by atoms with Crippen LogP contribution in [-0.4, -0.2) is 106 Å². The van der Waals surface area contributed by atoms with Crippen LogP contribution in [0.25, 0.3) is 0 Å². The lowest BCUT2D eigenvalue weighted by Crippen LogP contribution is -2.31. The lowest BCUT2D eigenvalue weighted by molar-refractivity contribution is 0.0251. The molecule has 146 valence electrons. The van der Waals surface area contributed by atoms with Crippen LogP contribution in [-0.2, 0) is 28.4 Å². The van der Waals surface area contributed by atoms with Crippen LogP contribution in [0.5, 0.6) is 0 Å². The van der Waals surface area contributed by atoms with Gasteiger partial charge in [0, 0.05) is 40.4 Å². The first kappa shape index (κ1) is 23.7. The van der Waals surface area contributed by atoms with Gasteiger partial charge < -0.3 is 39.1 Å². The van der Waals surface area contributed by atoms with Crippen molar-refractivity contribution in [3.63, 3.8) is 0 Å². The fraction of sp³-hybridized carbons (Fsp3) is 1.00. The molecule has 2 N–H and O–H groups in total. The maximum absolute atomic E-state index is 5.43. The van der Waals surface area contributed by atoms with Crippen molar-refractivity contribution in [3.05, 3.63) is 0 Å². The van der Waals surface area contributed by atoms with Gasteiger partial charge in [0.1, 0.15) is 0 Å². The summed E-state index contributed by atoms with van der Waals surface area (Å²) in [7, 11) is 3.32. The average Bonchev–Trinajstić information content (AvgIpc) is 2.60. The molecule has 0 aliphatic heterocycles. The molecule has 0 fully saturated rings. The standard InChI is InChI=1S/C16H36N2O6/c1-19-9-11-23-15-13-21-7-5-17-3-4-18-6-8-22-14-16-24-12-10-20-2/h17-18H,3-16H2,1-2H3. The second kappa shape index (κ2) is 22.7. The Morgan fingerprint density at radius 3 is 1.12 bits per heavy atom. The van der Waals surface area contributed by atoms with Crippen molar-refractivity contribution >= 4 is 0 Å². The van der Waals surface area contributed by atoms with Gasteiger partial charge in [0.2, 0.25) is 0 Å². The van der Waals surface area contributed by atoms with Gasteiger partial charge in [0.25, 0.3) is 0 Å². The molecule has 0 radical (unpaired) electrons. The molecule has 0 bridgehead atoms. The summed E-state index contributed by atoms with van der Waals surface area (Å²) in [6.07, 6.45) is 0. The molecular weight excluding hydrogens is 316 g/mol. The third-order valence-corrected chi connectivity index (χ3v) is 2.93. The molecule has 0 aliphatic carbocycles. The van der Waals surface area contributed by atoms with Crippen molar-refractivity contribution in [2.45, 2.75) is 0 Å². The van der Waals surface area contributed by atoms with Crippen LogP contribution in [0.3, 0.4) is 0 Å². The molecular formula is C16H36N2O6. The number of methoxy groups -OCH3 is 2. The molecule has 0 atom stereocenters. The van der Waals surface area contributed by atoms with Crippen molar-refractivity contribution in [1.29, 1.82) is 0 Å². The highest BCUT2D eigenvalue weighted by Crippen LogP contribution is 1.80. The number of hydrogen-bond acceptors (Lipinski definition) is 8. The first-order valence-corrected chi connectivity index (χ1v) is 8.62. The van der Waals surface area contributed by atoms with Gasteiger partial charge in [0.05, 0.1) is 66.1 Å². The molecule has 8 heteroatoms. The van der Waals surface area contributed by atoms with Crippen molar-refractivity contribution in [3.8, 4) is 0 Å². The van der Waals surface area contributed by atoms with Crippen LogP contribution in [0.2, 0.25) is 0 Å². The van der Waals surface area contributed by atoms with Crippen molar-refractivity contribution in [2.75, 3.05) is 106 Å². The van der Waals surface area contributed by atoms with E-state index in [2.05, 4.69) is 10.6 Å². The summed E-state index contributed by atoms with van der Waals surface area (Å²) in [6.45, 7) is 9.86. The lowest BCUT2D eigenvalue weighted by Gasteiger charge is -2.08. The molecule has 0 amide bonds. The summed E-state index contributed by atoms with van der Waals surface area (Å²) in [6, 6.07) is 0. The maximum atomic E-state index is 5.43.